The Morgan fingerprint density at radius 3 is 2.18 bits per heavy atom. The van der Waals surface area contributed by atoms with Crippen molar-refractivity contribution >= 4 is 17.7 Å². The second kappa shape index (κ2) is 7.81. The van der Waals surface area contributed by atoms with Crippen LogP contribution in [0.2, 0.25) is 0 Å². The Hall–Kier alpha value is -2.58. The van der Waals surface area contributed by atoms with Crippen molar-refractivity contribution in [1.82, 2.24) is 14.7 Å². The van der Waals surface area contributed by atoms with Gasteiger partial charge in [0.25, 0.3) is 5.91 Å². The number of rotatable bonds is 3. The molecular formula is C19H22F3N3O3. The molecular weight excluding hydrogens is 375 g/mol. The lowest BCUT2D eigenvalue weighted by Crippen LogP contribution is -2.52. The van der Waals surface area contributed by atoms with E-state index in [-0.39, 0.29) is 50.5 Å². The van der Waals surface area contributed by atoms with Crippen LogP contribution < -0.4 is 0 Å². The zero-order valence-electron chi connectivity index (χ0n) is 15.8. The lowest BCUT2D eigenvalue weighted by molar-refractivity contribution is -0.137. The summed E-state index contributed by atoms with van der Waals surface area (Å²) >= 11 is 0. The van der Waals surface area contributed by atoms with E-state index in [4.69, 9.17) is 0 Å². The molecule has 9 heteroatoms. The van der Waals surface area contributed by atoms with Crippen molar-refractivity contribution in [2.24, 2.45) is 5.92 Å². The Kier molecular flexibility index (Phi) is 5.62. The highest BCUT2D eigenvalue weighted by atomic mass is 19.2. The molecule has 0 aliphatic carbocycles. The molecule has 1 aromatic rings. The van der Waals surface area contributed by atoms with Crippen LogP contribution in [0.25, 0.3) is 0 Å². The SMILES string of the molecule is CC(C)N1CC(C(=O)N2CCN(C(=O)c3ccc(F)c(F)c3F)CC2)CC1=O. The molecule has 1 unspecified atom stereocenters. The third-order valence-electron chi connectivity index (χ3n) is 5.28. The van der Waals surface area contributed by atoms with Crippen LogP contribution in [-0.4, -0.2) is 71.2 Å². The summed E-state index contributed by atoms with van der Waals surface area (Å²) in [5, 5.41) is 0. The van der Waals surface area contributed by atoms with Crippen molar-refractivity contribution in [3.8, 4) is 0 Å². The summed E-state index contributed by atoms with van der Waals surface area (Å²) in [6.07, 6.45) is 0.177. The van der Waals surface area contributed by atoms with E-state index in [1.54, 1.807) is 9.80 Å². The maximum atomic E-state index is 13.9. The second-order valence-electron chi connectivity index (χ2n) is 7.38. The van der Waals surface area contributed by atoms with Crippen LogP contribution >= 0.6 is 0 Å². The zero-order chi connectivity index (χ0) is 20.6. The predicted molar refractivity (Wildman–Crippen MR) is 93.8 cm³/mol. The third-order valence-corrected chi connectivity index (χ3v) is 5.28. The van der Waals surface area contributed by atoms with Crippen molar-refractivity contribution in [2.45, 2.75) is 26.3 Å². The molecule has 2 fully saturated rings. The smallest absolute Gasteiger partial charge is 0.257 e. The molecule has 0 spiro atoms. The molecule has 3 rings (SSSR count). The number of piperazine rings is 1. The number of hydrogen-bond acceptors (Lipinski definition) is 3. The summed E-state index contributed by atoms with van der Waals surface area (Å²) in [7, 11) is 0. The average Bonchev–Trinajstić information content (AvgIpc) is 3.07. The number of hydrogen-bond donors (Lipinski definition) is 0. The lowest BCUT2D eigenvalue weighted by Gasteiger charge is -2.36. The van der Waals surface area contributed by atoms with E-state index in [9.17, 15) is 27.6 Å². The summed E-state index contributed by atoms with van der Waals surface area (Å²) in [5.41, 5.74) is -0.535. The van der Waals surface area contributed by atoms with Gasteiger partial charge >= 0.3 is 0 Å². The van der Waals surface area contributed by atoms with Gasteiger partial charge < -0.3 is 14.7 Å². The molecule has 0 N–H and O–H groups in total. The van der Waals surface area contributed by atoms with E-state index in [1.165, 1.54) is 4.90 Å². The first-order chi connectivity index (χ1) is 13.2. The van der Waals surface area contributed by atoms with Crippen LogP contribution in [0.4, 0.5) is 13.2 Å². The molecule has 0 radical (unpaired) electrons. The van der Waals surface area contributed by atoms with Crippen molar-refractivity contribution in [3.05, 3.63) is 35.1 Å². The van der Waals surface area contributed by atoms with Gasteiger partial charge in [0.1, 0.15) is 0 Å². The van der Waals surface area contributed by atoms with Crippen LogP contribution in [0.15, 0.2) is 12.1 Å². The number of carbonyl (C=O) groups is 3. The molecule has 0 bridgehead atoms. The Morgan fingerprint density at radius 2 is 1.61 bits per heavy atom. The molecule has 152 valence electrons. The fourth-order valence-electron chi connectivity index (χ4n) is 3.65. The quantitative estimate of drug-likeness (QED) is 0.729. The molecule has 2 aliphatic rings. The van der Waals surface area contributed by atoms with Crippen LogP contribution in [0.3, 0.4) is 0 Å². The number of nitrogens with zero attached hydrogens (tertiary/aromatic N) is 3. The normalized spacial score (nSPS) is 20.3. The first-order valence-electron chi connectivity index (χ1n) is 9.21. The van der Waals surface area contributed by atoms with Crippen LogP contribution in [-0.2, 0) is 9.59 Å². The summed E-state index contributed by atoms with van der Waals surface area (Å²) < 4.78 is 40.3. The van der Waals surface area contributed by atoms with Crippen molar-refractivity contribution in [3.63, 3.8) is 0 Å². The minimum atomic E-state index is -1.68. The molecule has 0 aromatic heterocycles. The van der Waals surface area contributed by atoms with Crippen LogP contribution in [0.5, 0.6) is 0 Å². The fourth-order valence-corrected chi connectivity index (χ4v) is 3.65. The third kappa shape index (κ3) is 3.70. The second-order valence-corrected chi connectivity index (χ2v) is 7.38. The maximum absolute atomic E-state index is 13.9. The van der Waals surface area contributed by atoms with Gasteiger partial charge in [-0.05, 0) is 26.0 Å². The largest absolute Gasteiger partial charge is 0.339 e. The molecule has 3 amide bonds. The van der Waals surface area contributed by atoms with Gasteiger partial charge in [0.2, 0.25) is 11.8 Å². The van der Waals surface area contributed by atoms with Gasteiger partial charge in [-0.2, -0.15) is 0 Å². The summed E-state index contributed by atoms with van der Waals surface area (Å²) in [6.45, 7) is 4.95. The average molecular weight is 397 g/mol. The molecule has 28 heavy (non-hydrogen) atoms. The van der Waals surface area contributed by atoms with Crippen LogP contribution in [0, 0.1) is 23.4 Å². The highest BCUT2D eigenvalue weighted by molar-refractivity contribution is 5.95. The van der Waals surface area contributed by atoms with Gasteiger partial charge in [0, 0.05) is 45.2 Å². The van der Waals surface area contributed by atoms with E-state index in [0.717, 1.165) is 6.07 Å². The molecule has 0 saturated carbocycles. The van der Waals surface area contributed by atoms with Crippen molar-refractivity contribution < 1.29 is 27.6 Å². The monoisotopic (exact) mass is 397 g/mol. The van der Waals surface area contributed by atoms with Gasteiger partial charge in [-0.3, -0.25) is 14.4 Å². The molecule has 1 aromatic carbocycles. The lowest BCUT2D eigenvalue weighted by atomic mass is 10.1. The maximum Gasteiger partial charge on any atom is 0.257 e. The fraction of sp³-hybridized carbons (Fsp3) is 0.526. The predicted octanol–water partition coefficient (Wildman–Crippen LogP) is 1.65. The Morgan fingerprint density at radius 1 is 1.00 bits per heavy atom. The highest BCUT2D eigenvalue weighted by Crippen LogP contribution is 2.23. The van der Waals surface area contributed by atoms with E-state index in [2.05, 4.69) is 0 Å². The van der Waals surface area contributed by atoms with Gasteiger partial charge in [-0.25, -0.2) is 13.2 Å². The minimum Gasteiger partial charge on any atom is -0.339 e. The van der Waals surface area contributed by atoms with E-state index in [1.807, 2.05) is 13.8 Å². The van der Waals surface area contributed by atoms with E-state index >= 15 is 0 Å². The summed E-state index contributed by atoms with van der Waals surface area (Å²) in [5.74, 6) is -5.88. The number of carbonyl (C=O) groups excluding carboxylic acids is 3. The van der Waals surface area contributed by atoms with E-state index in [0.29, 0.717) is 12.6 Å². The highest BCUT2D eigenvalue weighted by Gasteiger charge is 2.38. The first-order valence-corrected chi connectivity index (χ1v) is 9.21. The summed E-state index contributed by atoms with van der Waals surface area (Å²) in [6, 6.07) is 1.66. The molecule has 1 atom stereocenters. The summed E-state index contributed by atoms with van der Waals surface area (Å²) in [4.78, 5) is 41.7. The van der Waals surface area contributed by atoms with Gasteiger partial charge in [-0.1, -0.05) is 0 Å². The van der Waals surface area contributed by atoms with Gasteiger partial charge in [0.15, 0.2) is 17.5 Å². The number of benzene rings is 1. The first kappa shape index (κ1) is 20.2. The Balaban J connectivity index is 1.60. The Bertz CT molecular complexity index is 807. The number of halogens is 3. The Labute approximate surface area is 160 Å². The standard InChI is InChI=1S/C19H22F3N3O3/c1-11(2)25-10-12(9-15(25)26)18(27)23-5-7-24(8-6-23)19(28)13-3-4-14(20)17(22)16(13)21/h3-4,11-12H,5-10H2,1-2H3. The van der Waals surface area contributed by atoms with Crippen molar-refractivity contribution in [1.29, 1.82) is 0 Å². The topological polar surface area (TPSA) is 60.9 Å². The van der Waals surface area contributed by atoms with Gasteiger partial charge in [-0.15, -0.1) is 0 Å². The molecule has 2 heterocycles. The number of likely N-dealkylation sites (tertiary alicyclic amines) is 1. The van der Waals surface area contributed by atoms with Crippen molar-refractivity contribution in [2.75, 3.05) is 32.7 Å². The van der Waals surface area contributed by atoms with E-state index < -0.39 is 34.8 Å². The molecule has 6 nitrogen and oxygen atoms in total. The minimum absolute atomic E-state index is 0.0331. The van der Waals surface area contributed by atoms with Gasteiger partial charge in [0.05, 0.1) is 11.5 Å². The molecule has 2 aliphatic heterocycles. The van der Waals surface area contributed by atoms with Crippen LogP contribution in [0.1, 0.15) is 30.6 Å². The molecule has 2 saturated heterocycles. The number of amides is 3. The zero-order valence-corrected chi connectivity index (χ0v) is 15.8.